The van der Waals surface area contributed by atoms with E-state index < -0.39 is 0 Å². The minimum atomic E-state index is 0.366. The van der Waals surface area contributed by atoms with Crippen LogP contribution in [0.25, 0.3) is 0 Å². The molecule has 0 atom stereocenters. The van der Waals surface area contributed by atoms with Gasteiger partial charge in [0.15, 0.2) is 0 Å². The number of nitrogens with zero attached hydrogens (tertiary/aromatic N) is 4. The number of piperidine rings is 2. The first-order valence-electron chi connectivity index (χ1n) is 11.7. The van der Waals surface area contributed by atoms with Gasteiger partial charge >= 0.3 is 0 Å². The van der Waals surface area contributed by atoms with Crippen molar-refractivity contribution in [2.45, 2.75) is 100 Å². The average Bonchev–Trinajstić information content (AvgIpc) is 2.75. The van der Waals surface area contributed by atoms with E-state index in [2.05, 4.69) is 46.2 Å². The molecule has 1 aliphatic carbocycles. The van der Waals surface area contributed by atoms with Crippen molar-refractivity contribution in [3.63, 3.8) is 0 Å². The molecule has 0 radical (unpaired) electrons. The van der Waals surface area contributed by atoms with Gasteiger partial charge in [0.2, 0.25) is 0 Å². The lowest BCUT2D eigenvalue weighted by Crippen LogP contribution is -2.50. The molecular weight excluding hydrogens is 380 g/mol. The predicted octanol–water partition coefficient (Wildman–Crippen LogP) is 4.15. The van der Waals surface area contributed by atoms with Crippen LogP contribution in [0.1, 0.15) is 77.0 Å². The molecule has 0 aromatic carbocycles. The van der Waals surface area contributed by atoms with Gasteiger partial charge in [0, 0.05) is 35.3 Å². The Balaban J connectivity index is 1.18. The van der Waals surface area contributed by atoms with Gasteiger partial charge in [-0.2, -0.15) is 0 Å². The first kappa shape index (κ1) is 21.5. The Kier molecular flexibility index (Phi) is 7.49. The summed E-state index contributed by atoms with van der Waals surface area (Å²) >= 11 is 4.30. The molecule has 0 spiro atoms. The quantitative estimate of drug-likeness (QED) is 0.728. The molecule has 29 heavy (non-hydrogen) atoms. The number of hydrogen-bond acceptors (Lipinski definition) is 6. The van der Waals surface area contributed by atoms with Crippen LogP contribution in [0.4, 0.5) is 0 Å². The Morgan fingerprint density at radius 1 is 0.828 bits per heavy atom. The summed E-state index contributed by atoms with van der Waals surface area (Å²) in [5, 5.41) is 0. The Bertz CT molecular complexity index is 616. The maximum atomic E-state index is 6.03. The molecule has 6 heteroatoms. The van der Waals surface area contributed by atoms with Crippen LogP contribution in [0.2, 0.25) is 0 Å². The van der Waals surface area contributed by atoms with Crippen molar-refractivity contribution in [3.8, 4) is 0 Å². The molecule has 2 saturated heterocycles. The van der Waals surface area contributed by atoms with Crippen molar-refractivity contribution >= 4 is 12.6 Å². The lowest BCUT2D eigenvalue weighted by atomic mass is 9.89. The predicted molar refractivity (Wildman–Crippen MR) is 120 cm³/mol. The van der Waals surface area contributed by atoms with Crippen LogP contribution in [0.3, 0.4) is 0 Å². The fourth-order valence-electron chi connectivity index (χ4n) is 5.61. The van der Waals surface area contributed by atoms with Gasteiger partial charge in [0.1, 0.15) is 5.82 Å². The van der Waals surface area contributed by atoms with Gasteiger partial charge < -0.3 is 14.5 Å². The van der Waals surface area contributed by atoms with Gasteiger partial charge in [-0.3, -0.25) is 0 Å². The molecule has 3 aliphatic rings. The Morgan fingerprint density at radius 3 is 1.90 bits per heavy atom. The zero-order valence-corrected chi connectivity index (χ0v) is 19.1. The third kappa shape index (κ3) is 5.72. The van der Waals surface area contributed by atoms with Gasteiger partial charge in [-0.25, -0.2) is 9.97 Å². The topological polar surface area (TPSA) is 41.5 Å². The molecule has 2 aliphatic heterocycles. The van der Waals surface area contributed by atoms with E-state index in [1.807, 2.05) is 12.4 Å². The molecule has 5 nitrogen and oxygen atoms in total. The van der Waals surface area contributed by atoms with E-state index in [0.717, 1.165) is 22.8 Å². The summed E-state index contributed by atoms with van der Waals surface area (Å²) in [6, 6.07) is 1.56. The summed E-state index contributed by atoms with van der Waals surface area (Å²) in [5.41, 5.74) is 0. The van der Waals surface area contributed by atoms with E-state index in [1.54, 1.807) is 0 Å². The summed E-state index contributed by atoms with van der Waals surface area (Å²) in [6.45, 7) is 9.25. The molecule has 0 unspecified atom stereocenters. The average molecular weight is 419 g/mol. The summed E-state index contributed by atoms with van der Waals surface area (Å²) in [6.07, 6.45) is 14.7. The van der Waals surface area contributed by atoms with Crippen molar-refractivity contribution in [3.05, 3.63) is 18.2 Å². The normalized spacial score (nSPS) is 28.8. The Morgan fingerprint density at radius 2 is 1.34 bits per heavy atom. The van der Waals surface area contributed by atoms with Crippen molar-refractivity contribution in [1.82, 2.24) is 19.8 Å². The number of ether oxygens (including phenoxy) is 1. The summed E-state index contributed by atoms with van der Waals surface area (Å²) < 4.78 is 6.03. The van der Waals surface area contributed by atoms with Crippen LogP contribution < -0.4 is 0 Å². The highest BCUT2D eigenvalue weighted by molar-refractivity contribution is 7.80. The van der Waals surface area contributed by atoms with Crippen LogP contribution in [-0.2, 0) is 4.74 Å². The molecule has 1 saturated carbocycles. The third-order valence-electron chi connectivity index (χ3n) is 7.19. The van der Waals surface area contributed by atoms with Crippen LogP contribution in [0.15, 0.2) is 17.3 Å². The van der Waals surface area contributed by atoms with Crippen LogP contribution in [0, 0.1) is 0 Å². The highest BCUT2D eigenvalue weighted by Crippen LogP contribution is 2.31. The number of aromatic nitrogens is 2. The van der Waals surface area contributed by atoms with Crippen LogP contribution in [0.5, 0.6) is 0 Å². The number of rotatable bonds is 5. The molecule has 0 N–H and O–H groups in total. The zero-order chi connectivity index (χ0) is 20.2. The van der Waals surface area contributed by atoms with Gasteiger partial charge in [0.05, 0.1) is 12.2 Å². The second-order valence-electron chi connectivity index (χ2n) is 9.49. The fraction of sp³-hybridized carbons (Fsp3) is 0.826. The van der Waals surface area contributed by atoms with Gasteiger partial charge in [-0.1, -0.05) is 0 Å². The van der Waals surface area contributed by atoms with Gasteiger partial charge in [0.25, 0.3) is 0 Å². The van der Waals surface area contributed by atoms with Crippen molar-refractivity contribution in [2.24, 2.45) is 0 Å². The van der Waals surface area contributed by atoms with E-state index in [1.165, 1.54) is 77.5 Å². The van der Waals surface area contributed by atoms with Gasteiger partial charge in [-0.15, -0.1) is 12.6 Å². The molecule has 0 bridgehead atoms. The van der Waals surface area contributed by atoms with Crippen LogP contribution >= 0.6 is 12.6 Å². The first-order valence-corrected chi connectivity index (χ1v) is 12.2. The smallest absolute Gasteiger partial charge is 0.131 e. The maximum absolute atomic E-state index is 6.03. The molecular formula is C23H38N4OS. The monoisotopic (exact) mass is 418 g/mol. The highest BCUT2D eigenvalue weighted by Gasteiger charge is 2.33. The second-order valence-corrected chi connectivity index (χ2v) is 10.0. The van der Waals surface area contributed by atoms with E-state index >= 15 is 0 Å². The van der Waals surface area contributed by atoms with E-state index in [9.17, 15) is 0 Å². The van der Waals surface area contributed by atoms with Crippen molar-refractivity contribution < 1.29 is 4.74 Å². The fourth-order valence-corrected chi connectivity index (χ4v) is 5.73. The molecule has 162 valence electrons. The molecule has 1 aromatic rings. The summed E-state index contributed by atoms with van der Waals surface area (Å²) in [5.74, 6) is 1.53. The third-order valence-corrected chi connectivity index (χ3v) is 7.42. The lowest BCUT2D eigenvalue weighted by molar-refractivity contribution is -0.0308. The standard InChI is InChI=1S/C23H38N4OS/c1-17(2)28-21-5-3-19(4-6-21)27-13-9-20(10-14-27)26-11-7-18(8-12-26)23-24-15-22(29)16-25-23/h15-21,29H,3-14H2,1-2H3. The van der Waals surface area contributed by atoms with E-state index in [-0.39, 0.29) is 0 Å². The Labute approximate surface area is 182 Å². The summed E-state index contributed by atoms with van der Waals surface area (Å²) in [4.78, 5) is 15.4. The largest absolute Gasteiger partial charge is 0.376 e. The van der Waals surface area contributed by atoms with Gasteiger partial charge in [-0.05, 0) is 91.4 Å². The second kappa shape index (κ2) is 10.1. The lowest BCUT2D eigenvalue weighted by Gasteiger charge is -2.45. The maximum Gasteiger partial charge on any atom is 0.131 e. The molecule has 4 rings (SSSR count). The number of hydrogen-bond donors (Lipinski definition) is 1. The number of thiol groups is 1. The SMILES string of the molecule is CC(C)OC1CCC(N2CCC(N3CCC(c4ncc(S)cn4)CC3)CC2)CC1. The van der Waals surface area contributed by atoms with Crippen LogP contribution in [-0.4, -0.2) is 70.2 Å². The Hall–Kier alpha value is -0.690. The van der Waals surface area contributed by atoms with Crippen molar-refractivity contribution in [1.29, 1.82) is 0 Å². The first-order chi connectivity index (χ1) is 14.1. The van der Waals surface area contributed by atoms with E-state index in [4.69, 9.17) is 4.74 Å². The minimum absolute atomic E-state index is 0.366. The zero-order valence-electron chi connectivity index (χ0n) is 18.2. The molecule has 1 aromatic heterocycles. The molecule has 0 amide bonds. The summed E-state index contributed by atoms with van der Waals surface area (Å²) in [7, 11) is 0. The minimum Gasteiger partial charge on any atom is -0.376 e. The van der Waals surface area contributed by atoms with Crippen molar-refractivity contribution in [2.75, 3.05) is 26.2 Å². The van der Waals surface area contributed by atoms with E-state index in [0.29, 0.717) is 18.1 Å². The molecule has 3 fully saturated rings. The highest BCUT2D eigenvalue weighted by atomic mass is 32.1. The molecule has 3 heterocycles. The number of likely N-dealkylation sites (tertiary alicyclic amines) is 2.